The van der Waals surface area contributed by atoms with Crippen LogP contribution in [0.2, 0.25) is 0 Å². The number of unbranched alkanes of at least 4 members (excludes halogenated alkanes) is 31. The van der Waals surface area contributed by atoms with Crippen LogP contribution in [0.25, 0.3) is 0 Å². The second kappa shape index (κ2) is 55.2. The Morgan fingerprint density at radius 3 is 1.18 bits per heavy atom. The summed E-state index contributed by atoms with van der Waals surface area (Å²) in [5, 5.41) is 9.70. The molecule has 0 saturated heterocycles. The molecule has 9 heteroatoms. The number of esters is 2. The third-order valence-corrected chi connectivity index (χ3v) is 13.3. The number of carboxylic acid groups (broad SMARTS) is 1. The van der Waals surface area contributed by atoms with Gasteiger partial charge in [0.25, 0.3) is 6.29 Å². The highest BCUT2D eigenvalue weighted by Gasteiger charge is 2.25. The predicted octanol–water partition coefficient (Wildman–Crippen LogP) is 18.0. The highest BCUT2D eigenvalue weighted by Crippen LogP contribution is 2.17. The first-order valence-electron chi connectivity index (χ1n) is 30.5. The van der Waals surface area contributed by atoms with Gasteiger partial charge in [-0.05, 0) is 77.0 Å². The summed E-state index contributed by atoms with van der Waals surface area (Å²) >= 11 is 0. The summed E-state index contributed by atoms with van der Waals surface area (Å²) < 4.78 is 22.9. The molecule has 424 valence electrons. The van der Waals surface area contributed by atoms with Gasteiger partial charge >= 0.3 is 17.9 Å². The second-order valence-corrected chi connectivity index (χ2v) is 21.6. The van der Waals surface area contributed by atoms with E-state index in [-0.39, 0.29) is 32.2 Å². The molecule has 2 unspecified atom stereocenters. The lowest BCUT2D eigenvalue weighted by atomic mass is 10.0. The molecule has 0 aromatic carbocycles. The molecule has 0 fully saturated rings. The molecule has 2 atom stereocenters. The number of carbonyl (C=O) groups excluding carboxylic acids is 2. The van der Waals surface area contributed by atoms with E-state index < -0.39 is 24.3 Å². The van der Waals surface area contributed by atoms with Gasteiger partial charge < -0.3 is 28.5 Å². The number of likely N-dealkylation sites (N-methyl/N-ethyl adjacent to an activating group) is 1. The fourth-order valence-electron chi connectivity index (χ4n) is 8.59. The van der Waals surface area contributed by atoms with Crippen LogP contribution in [0.4, 0.5) is 0 Å². The minimum atomic E-state index is -1.51. The molecular weight excluding hydrogens is 911 g/mol. The van der Waals surface area contributed by atoms with Crippen LogP contribution in [-0.2, 0) is 33.3 Å². The normalized spacial score (nSPS) is 13.2. The minimum Gasteiger partial charge on any atom is -0.477 e. The molecule has 0 aliphatic carbocycles. The molecule has 0 aliphatic heterocycles. The van der Waals surface area contributed by atoms with Gasteiger partial charge in [0.05, 0.1) is 34.4 Å². The number of allylic oxidation sites excluding steroid dienone is 10. The lowest BCUT2D eigenvalue weighted by molar-refractivity contribution is -0.870. The van der Waals surface area contributed by atoms with Gasteiger partial charge in [0.2, 0.25) is 0 Å². The Morgan fingerprint density at radius 2 is 0.781 bits per heavy atom. The number of hydrogen-bond donors (Lipinski definition) is 1. The first kappa shape index (κ1) is 70.0. The number of ether oxygens (including phenoxy) is 4. The molecule has 0 heterocycles. The summed E-state index contributed by atoms with van der Waals surface area (Å²) in [6, 6.07) is 0. The van der Waals surface area contributed by atoms with E-state index in [1.165, 1.54) is 161 Å². The molecule has 0 saturated carbocycles. The van der Waals surface area contributed by atoms with Gasteiger partial charge in [-0.3, -0.25) is 9.59 Å². The number of carboxylic acids is 1. The van der Waals surface area contributed by atoms with Crippen LogP contribution in [0, 0.1) is 0 Å². The average Bonchev–Trinajstić information content (AvgIpc) is 3.36. The summed E-state index contributed by atoms with van der Waals surface area (Å²) in [6.07, 6.45) is 67.4. The van der Waals surface area contributed by atoms with Crippen LogP contribution in [0.3, 0.4) is 0 Å². The predicted molar refractivity (Wildman–Crippen MR) is 309 cm³/mol. The summed E-state index contributed by atoms with van der Waals surface area (Å²) in [6.45, 7) is 4.77. The highest BCUT2D eigenvalue weighted by atomic mass is 16.7. The second-order valence-electron chi connectivity index (χ2n) is 21.6. The van der Waals surface area contributed by atoms with E-state index in [0.29, 0.717) is 17.4 Å². The average molecular weight is 1030 g/mol. The van der Waals surface area contributed by atoms with Gasteiger partial charge in [0.15, 0.2) is 6.10 Å². The lowest BCUT2D eigenvalue weighted by Crippen LogP contribution is -2.40. The Hall–Kier alpha value is -3.01. The topological polar surface area (TPSA) is 108 Å². The Labute approximate surface area is 450 Å². The van der Waals surface area contributed by atoms with Crippen LogP contribution in [0.5, 0.6) is 0 Å². The van der Waals surface area contributed by atoms with Crippen molar-refractivity contribution >= 4 is 17.9 Å². The largest absolute Gasteiger partial charge is 0.477 e. The Balaban J connectivity index is 4.08. The van der Waals surface area contributed by atoms with Crippen molar-refractivity contribution in [3.63, 3.8) is 0 Å². The maximum absolute atomic E-state index is 12.9. The molecule has 0 aliphatic rings. The monoisotopic (exact) mass is 1030 g/mol. The molecule has 0 amide bonds. The van der Waals surface area contributed by atoms with Gasteiger partial charge in [-0.25, -0.2) is 4.79 Å². The fourth-order valence-corrected chi connectivity index (χ4v) is 8.59. The van der Waals surface area contributed by atoms with Crippen molar-refractivity contribution in [1.29, 1.82) is 0 Å². The highest BCUT2D eigenvalue weighted by molar-refractivity contribution is 5.71. The van der Waals surface area contributed by atoms with E-state index in [1.54, 1.807) is 0 Å². The Morgan fingerprint density at radius 1 is 0.425 bits per heavy atom. The quantitative estimate of drug-likeness (QED) is 0.0211. The molecule has 0 spiro atoms. The van der Waals surface area contributed by atoms with Crippen LogP contribution in [0.15, 0.2) is 60.8 Å². The molecule has 73 heavy (non-hydrogen) atoms. The molecule has 0 aromatic heterocycles. The smallest absolute Gasteiger partial charge is 0.361 e. The fraction of sp³-hybridized carbons (Fsp3) is 0.797. The third-order valence-electron chi connectivity index (χ3n) is 13.3. The van der Waals surface area contributed by atoms with Crippen molar-refractivity contribution < 1.29 is 42.9 Å². The SMILES string of the molecule is CC/C=C\C/C=C\C/C=C\C/C=C\CCCCCCCCCCCCCCCCCCCCCCC(=O)OC(COC(=O)CCCCCCC/C=C\CCCCCCCC)COC(OCC[N+](C)(C)C)C(=O)O. The zero-order valence-corrected chi connectivity index (χ0v) is 48.3. The van der Waals surface area contributed by atoms with E-state index in [2.05, 4.69) is 74.6 Å². The van der Waals surface area contributed by atoms with Gasteiger partial charge in [-0.2, -0.15) is 0 Å². The van der Waals surface area contributed by atoms with Gasteiger partial charge in [-0.1, -0.05) is 242 Å². The van der Waals surface area contributed by atoms with Crippen LogP contribution in [-0.4, -0.2) is 87.4 Å². The molecule has 9 nitrogen and oxygen atoms in total. The number of rotatable bonds is 56. The van der Waals surface area contributed by atoms with Gasteiger partial charge in [-0.15, -0.1) is 0 Å². The number of nitrogens with zero attached hydrogens (tertiary/aromatic N) is 1. The van der Waals surface area contributed by atoms with Crippen LogP contribution in [0.1, 0.15) is 271 Å². The summed E-state index contributed by atoms with van der Waals surface area (Å²) in [5.41, 5.74) is 0. The van der Waals surface area contributed by atoms with E-state index in [9.17, 15) is 19.5 Å². The number of aliphatic carboxylic acids is 1. The number of carbonyl (C=O) groups is 3. The lowest BCUT2D eigenvalue weighted by Gasteiger charge is -2.25. The molecule has 0 aromatic rings. The van der Waals surface area contributed by atoms with Crippen LogP contribution < -0.4 is 0 Å². The van der Waals surface area contributed by atoms with Crippen LogP contribution >= 0.6 is 0 Å². The molecule has 0 radical (unpaired) electrons. The zero-order valence-electron chi connectivity index (χ0n) is 48.3. The standard InChI is InChI=1S/C64H115NO8/c1-6-8-10-12-14-16-18-20-22-23-24-25-26-27-28-29-30-31-32-33-34-35-36-37-38-39-41-43-45-47-49-51-53-55-62(67)73-60(59-72-64(63(68)69)70-57-56-65(3,4)5)58-71-61(66)54-52-50-48-46-44-42-40-21-19-17-15-13-11-9-7-2/h8,10,14,16,20-22,24-25,40,60,64H,6-7,9,11-13,15,17-19,23,26-39,41-59H2,1-5H3/p+1/b10-8-,16-14-,22-20-,25-24-,40-21-. The van der Waals surface area contributed by atoms with Crippen molar-refractivity contribution in [2.75, 3.05) is 47.5 Å². The Kier molecular flexibility index (Phi) is 53.0. The molecular formula is C64H116NO8+. The van der Waals surface area contributed by atoms with Gasteiger partial charge in [0.1, 0.15) is 13.2 Å². The molecule has 0 bridgehead atoms. The van der Waals surface area contributed by atoms with E-state index >= 15 is 0 Å². The maximum atomic E-state index is 12.9. The van der Waals surface area contributed by atoms with E-state index in [1.807, 2.05) is 21.1 Å². The Bertz CT molecular complexity index is 1380. The molecule has 0 rings (SSSR count). The minimum absolute atomic E-state index is 0.184. The van der Waals surface area contributed by atoms with Crippen molar-refractivity contribution in [2.45, 2.75) is 283 Å². The molecule has 1 N–H and O–H groups in total. The summed E-state index contributed by atoms with van der Waals surface area (Å²) in [5.74, 6) is -2.00. The maximum Gasteiger partial charge on any atom is 0.361 e. The van der Waals surface area contributed by atoms with Crippen molar-refractivity contribution in [3.05, 3.63) is 60.8 Å². The first-order chi connectivity index (χ1) is 35.6. The summed E-state index contributed by atoms with van der Waals surface area (Å²) in [4.78, 5) is 37.4. The van der Waals surface area contributed by atoms with Crippen molar-refractivity contribution in [3.8, 4) is 0 Å². The number of hydrogen-bond acceptors (Lipinski definition) is 7. The van der Waals surface area contributed by atoms with E-state index in [4.69, 9.17) is 18.9 Å². The number of quaternary nitrogens is 1. The van der Waals surface area contributed by atoms with E-state index in [0.717, 1.165) is 83.5 Å². The summed E-state index contributed by atoms with van der Waals surface area (Å²) in [7, 11) is 5.97. The van der Waals surface area contributed by atoms with Crippen molar-refractivity contribution in [1.82, 2.24) is 0 Å². The zero-order chi connectivity index (χ0) is 53.4. The van der Waals surface area contributed by atoms with Crippen molar-refractivity contribution in [2.24, 2.45) is 0 Å². The third kappa shape index (κ3) is 56.6. The van der Waals surface area contributed by atoms with Gasteiger partial charge in [0, 0.05) is 12.8 Å². The first-order valence-corrected chi connectivity index (χ1v) is 30.5.